The maximum Gasteiger partial charge on any atom is 0.329 e. The standard InChI is InChI=1S/C17H16FN3O4/c1-2-25-15-9-11(3-8-14(15)22)10-19-21-17(24)16(23)20-13-6-4-12(18)5-7-13/h3-10,22H,2H2,1H3,(H,20,23)(H,21,24)/b19-10+. The molecule has 0 bridgehead atoms. The quantitative estimate of drug-likeness (QED) is 0.438. The summed E-state index contributed by atoms with van der Waals surface area (Å²) in [7, 11) is 0. The summed E-state index contributed by atoms with van der Waals surface area (Å²) in [5.41, 5.74) is 2.91. The van der Waals surface area contributed by atoms with Gasteiger partial charge in [0, 0.05) is 5.69 Å². The van der Waals surface area contributed by atoms with E-state index >= 15 is 0 Å². The minimum absolute atomic E-state index is 0.0123. The third-order valence-electron chi connectivity index (χ3n) is 2.97. The van der Waals surface area contributed by atoms with E-state index in [9.17, 15) is 19.1 Å². The molecule has 0 fully saturated rings. The van der Waals surface area contributed by atoms with Crippen molar-refractivity contribution in [2.24, 2.45) is 5.10 Å². The highest BCUT2D eigenvalue weighted by atomic mass is 19.1. The molecule has 2 aromatic carbocycles. The first-order valence-corrected chi connectivity index (χ1v) is 7.35. The Labute approximate surface area is 143 Å². The number of phenolic OH excluding ortho intramolecular Hbond substituents is 1. The second kappa shape index (κ2) is 8.44. The molecule has 0 atom stereocenters. The van der Waals surface area contributed by atoms with E-state index in [2.05, 4.69) is 15.8 Å². The Morgan fingerprint density at radius 3 is 2.60 bits per heavy atom. The molecule has 0 unspecified atom stereocenters. The molecule has 0 saturated carbocycles. The highest BCUT2D eigenvalue weighted by molar-refractivity contribution is 6.39. The van der Waals surface area contributed by atoms with Gasteiger partial charge in [-0.1, -0.05) is 0 Å². The highest BCUT2D eigenvalue weighted by Gasteiger charge is 2.12. The maximum atomic E-state index is 12.8. The molecular formula is C17H16FN3O4. The molecule has 130 valence electrons. The van der Waals surface area contributed by atoms with Gasteiger partial charge in [0.2, 0.25) is 0 Å². The maximum absolute atomic E-state index is 12.8. The zero-order chi connectivity index (χ0) is 18.2. The number of anilines is 1. The Morgan fingerprint density at radius 1 is 1.20 bits per heavy atom. The third-order valence-corrected chi connectivity index (χ3v) is 2.97. The van der Waals surface area contributed by atoms with E-state index in [0.29, 0.717) is 12.2 Å². The van der Waals surface area contributed by atoms with Crippen molar-refractivity contribution in [2.45, 2.75) is 6.92 Å². The van der Waals surface area contributed by atoms with Crippen molar-refractivity contribution in [3.05, 3.63) is 53.8 Å². The fourth-order valence-corrected chi connectivity index (χ4v) is 1.82. The molecule has 0 saturated heterocycles. The second-order valence-electron chi connectivity index (χ2n) is 4.82. The number of hydrazone groups is 1. The lowest BCUT2D eigenvalue weighted by molar-refractivity contribution is -0.136. The zero-order valence-electron chi connectivity index (χ0n) is 13.3. The lowest BCUT2D eigenvalue weighted by atomic mass is 10.2. The zero-order valence-corrected chi connectivity index (χ0v) is 13.3. The summed E-state index contributed by atoms with van der Waals surface area (Å²) in [6, 6.07) is 9.50. The number of nitrogens with one attached hydrogen (secondary N) is 2. The summed E-state index contributed by atoms with van der Waals surface area (Å²) >= 11 is 0. The molecular weight excluding hydrogens is 329 g/mol. The van der Waals surface area contributed by atoms with Gasteiger partial charge < -0.3 is 15.2 Å². The number of halogens is 1. The summed E-state index contributed by atoms with van der Waals surface area (Å²) in [6.45, 7) is 2.16. The molecule has 2 amide bonds. The van der Waals surface area contributed by atoms with Gasteiger partial charge in [-0.15, -0.1) is 0 Å². The molecule has 2 rings (SSSR count). The molecule has 0 heterocycles. The van der Waals surface area contributed by atoms with Gasteiger partial charge in [0.1, 0.15) is 5.82 Å². The lowest BCUT2D eigenvalue weighted by Crippen LogP contribution is -2.32. The van der Waals surface area contributed by atoms with Gasteiger partial charge in [-0.3, -0.25) is 9.59 Å². The Balaban J connectivity index is 1.92. The number of ether oxygens (including phenoxy) is 1. The molecule has 0 spiro atoms. The van der Waals surface area contributed by atoms with Crippen molar-refractivity contribution < 1.29 is 23.8 Å². The van der Waals surface area contributed by atoms with Crippen molar-refractivity contribution in [2.75, 3.05) is 11.9 Å². The minimum Gasteiger partial charge on any atom is -0.504 e. The van der Waals surface area contributed by atoms with Gasteiger partial charge in [-0.2, -0.15) is 5.10 Å². The number of aromatic hydroxyl groups is 1. The van der Waals surface area contributed by atoms with Crippen molar-refractivity contribution in [3.8, 4) is 11.5 Å². The van der Waals surface area contributed by atoms with Crippen molar-refractivity contribution in [3.63, 3.8) is 0 Å². The van der Waals surface area contributed by atoms with Crippen LogP contribution in [0.15, 0.2) is 47.6 Å². The van der Waals surface area contributed by atoms with Crippen molar-refractivity contribution >= 4 is 23.7 Å². The monoisotopic (exact) mass is 345 g/mol. The van der Waals surface area contributed by atoms with Crippen LogP contribution in [-0.2, 0) is 9.59 Å². The van der Waals surface area contributed by atoms with Gasteiger partial charge in [-0.05, 0) is 55.0 Å². The first kappa shape index (κ1) is 17.9. The number of benzene rings is 2. The Hall–Kier alpha value is -3.42. The topological polar surface area (TPSA) is 100 Å². The van der Waals surface area contributed by atoms with E-state index in [4.69, 9.17) is 4.74 Å². The normalized spacial score (nSPS) is 10.5. The average molecular weight is 345 g/mol. The molecule has 0 aliphatic heterocycles. The molecule has 0 aliphatic rings. The van der Waals surface area contributed by atoms with E-state index in [1.165, 1.54) is 30.5 Å². The molecule has 7 nitrogen and oxygen atoms in total. The number of nitrogens with zero attached hydrogens (tertiary/aromatic N) is 1. The molecule has 0 radical (unpaired) electrons. The first-order valence-electron chi connectivity index (χ1n) is 7.35. The number of rotatable bonds is 5. The minimum atomic E-state index is -0.982. The predicted octanol–water partition coefficient (Wildman–Crippen LogP) is 2.02. The Bertz CT molecular complexity index is 791. The lowest BCUT2D eigenvalue weighted by Gasteiger charge is -2.06. The summed E-state index contributed by atoms with van der Waals surface area (Å²) in [4.78, 5) is 23.3. The van der Waals surface area contributed by atoms with Gasteiger partial charge in [0.25, 0.3) is 0 Å². The number of carbonyl (C=O) groups excluding carboxylic acids is 2. The molecule has 2 aromatic rings. The summed E-state index contributed by atoms with van der Waals surface area (Å²) in [5.74, 6) is -2.10. The molecule has 3 N–H and O–H groups in total. The van der Waals surface area contributed by atoms with E-state index in [1.807, 2.05) is 0 Å². The van der Waals surface area contributed by atoms with Gasteiger partial charge in [-0.25, -0.2) is 9.82 Å². The van der Waals surface area contributed by atoms with Crippen LogP contribution in [0.3, 0.4) is 0 Å². The number of carbonyl (C=O) groups is 2. The number of phenols is 1. The van der Waals surface area contributed by atoms with Crippen LogP contribution >= 0.6 is 0 Å². The Kier molecular flexibility index (Phi) is 6.05. The summed E-state index contributed by atoms with van der Waals surface area (Å²) < 4.78 is 18.0. The number of hydrogen-bond donors (Lipinski definition) is 3. The van der Waals surface area contributed by atoms with Crippen LogP contribution in [0.4, 0.5) is 10.1 Å². The molecule has 25 heavy (non-hydrogen) atoms. The van der Waals surface area contributed by atoms with Crippen molar-refractivity contribution in [1.29, 1.82) is 0 Å². The van der Waals surface area contributed by atoms with Crippen LogP contribution < -0.4 is 15.5 Å². The second-order valence-corrected chi connectivity index (χ2v) is 4.82. The Morgan fingerprint density at radius 2 is 1.92 bits per heavy atom. The first-order chi connectivity index (χ1) is 12.0. The smallest absolute Gasteiger partial charge is 0.329 e. The number of amides is 2. The summed E-state index contributed by atoms with van der Waals surface area (Å²) in [6.07, 6.45) is 1.30. The van der Waals surface area contributed by atoms with Gasteiger partial charge in [0.15, 0.2) is 11.5 Å². The average Bonchev–Trinajstić information content (AvgIpc) is 2.59. The van der Waals surface area contributed by atoms with Crippen LogP contribution in [0.25, 0.3) is 0 Å². The molecule has 0 aromatic heterocycles. The van der Waals surface area contributed by atoms with Crippen LogP contribution in [-0.4, -0.2) is 29.7 Å². The van der Waals surface area contributed by atoms with Crippen LogP contribution in [0.1, 0.15) is 12.5 Å². The van der Waals surface area contributed by atoms with Gasteiger partial charge >= 0.3 is 11.8 Å². The highest BCUT2D eigenvalue weighted by Crippen LogP contribution is 2.26. The van der Waals surface area contributed by atoms with Crippen LogP contribution in [0.2, 0.25) is 0 Å². The fraction of sp³-hybridized carbons (Fsp3) is 0.118. The summed E-state index contributed by atoms with van der Waals surface area (Å²) in [5, 5.41) is 15.6. The predicted molar refractivity (Wildman–Crippen MR) is 90.0 cm³/mol. The van der Waals surface area contributed by atoms with E-state index in [1.54, 1.807) is 13.0 Å². The SMILES string of the molecule is CCOc1cc(/C=N/NC(=O)C(=O)Nc2ccc(F)cc2)ccc1O. The fourth-order valence-electron chi connectivity index (χ4n) is 1.82. The third kappa shape index (κ3) is 5.31. The van der Waals surface area contributed by atoms with Crippen LogP contribution in [0, 0.1) is 5.82 Å². The van der Waals surface area contributed by atoms with Gasteiger partial charge in [0.05, 0.1) is 12.8 Å². The van der Waals surface area contributed by atoms with E-state index in [-0.39, 0.29) is 17.2 Å². The van der Waals surface area contributed by atoms with E-state index in [0.717, 1.165) is 12.1 Å². The van der Waals surface area contributed by atoms with E-state index < -0.39 is 17.6 Å². The van der Waals surface area contributed by atoms with Crippen molar-refractivity contribution in [1.82, 2.24) is 5.43 Å². The largest absolute Gasteiger partial charge is 0.504 e. The number of hydrogen-bond acceptors (Lipinski definition) is 5. The molecule has 0 aliphatic carbocycles. The molecule has 8 heteroatoms. The van der Waals surface area contributed by atoms with Crippen LogP contribution in [0.5, 0.6) is 11.5 Å².